The maximum atomic E-state index is 11.8. The van der Waals surface area contributed by atoms with Gasteiger partial charge in [-0.1, -0.05) is 11.6 Å². The van der Waals surface area contributed by atoms with Gasteiger partial charge in [-0.05, 0) is 18.2 Å². The molecule has 2 amide bonds. The summed E-state index contributed by atoms with van der Waals surface area (Å²) in [6.45, 7) is -0.537. The number of ether oxygens (including phenoxy) is 2. The van der Waals surface area contributed by atoms with E-state index in [1.54, 1.807) is 18.2 Å². The fourth-order valence-electron chi connectivity index (χ4n) is 1.73. The fourth-order valence-corrected chi connectivity index (χ4v) is 1.92. The molecule has 0 aromatic heterocycles. The molecular formula is C15H19ClN2O5. The Balaban J connectivity index is 2.53. The minimum atomic E-state index is -0.591. The highest BCUT2D eigenvalue weighted by molar-refractivity contribution is 6.30. The third-order valence-corrected chi connectivity index (χ3v) is 3.25. The number of halogens is 1. The zero-order chi connectivity index (χ0) is 17.4. The molecule has 0 saturated carbocycles. The van der Waals surface area contributed by atoms with Gasteiger partial charge in [-0.2, -0.15) is 0 Å². The summed E-state index contributed by atoms with van der Waals surface area (Å²) in [4.78, 5) is 35.9. The molecule has 0 radical (unpaired) electrons. The van der Waals surface area contributed by atoms with Crippen molar-refractivity contribution in [1.82, 2.24) is 10.2 Å². The molecule has 8 heteroatoms. The van der Waals surface area contributed by atoms with E-state index in [9.17, 15) is 14.4 Å². The number of esters is 1. The van der Waals surface area contributed by atoms with E-state index in [4.69, 9.17) is 21.1 Å². The quantitative estimate of drug-likeness (QED) is 0.735. The van der Waals surface area contributed by atoms with Crippen molar-refractivity contribution in [2.24, 2.45) is 0 Å². The van der Waals surface area contributed by atoms with Crippen LogP contribution in [-0.4, -0.2) is 57.0 Å². The van der Waals surface area contributed by atoms with Gasteiger partial charge in [0.05, 0.1) is 20.1 Å². The van der Waals surface area contributed by atoms with Crippen LogP contribution in [0.3, 0.4) is 0 Å². The zero-order valence-corrected chi connectivity index (χ0v) is 14.0. The van der Waals surface area contributed by atoms with E-state index >= 15 is 0 Å². The lowest BCUT2D eigenvalue weighted by molar-refractivity contribution is -0.151. The van der Waals surface area contributed by atoms with Crippen molar-refractivity contribution < 1.29 is 23.9 Å². The lowest BCUT2D eigenvalue weighted by Gasteiger charge is -2.16. The van der Waals surface area contributed by atoms with Gasteiger partial charge in [-0.15, -0.1) is 0 Å². The highest BCUT2D eigenvalue weighted by atomic mass is 35.5. The number of carbonyl (C=O) groups is 3. The predicted octanol–water partition coefficient (Wildman–Crippen LogP) is 0.639. The fraction of sp³-hybridized carbons (Fsp3) is 0.400. The number of hydrogen-bond donors (Lipinski definition) is 1. The molecule has 23 heavy (non-hydrogen) atoms. The van der Waals surface area contributed by atoms with Gasteiger partial charge < -0.3 is 19.7 Å². The molecule has 126 valence electrons. The molecule has 0 saturated heterocycles. The molecule has 0 spiro atoms. The minimum Gasteiger partial charge on any atom is -0.496 e. The number of methoxy groups -OCH3 is 1. The van der Waals surface area contributed by atoms with Crippen molar-refractivity contribution in [3.8, 4) is 5.75 Å². The first-order valence-corrected chi connectivity index (χ1v) is 7.17. The molecule has 1 rings (SSSR count). The Kier molecular flexibility index (Phi) is 7.34. The van der Waals surface area contributed by atoms with Crippen molar-refractivity contribution in [2.45, 2.75) is 6.42 Å². The zero-order valence-electron chi connectivity index (χ0n) is 13.2. The lowest BCUT2D eigenvalue weighted by Crippen LogP contribution is -2.39. The second kappa shape index (κ2) is 8.99. The molecule has 1 aromatic rings. The Morgan fingerprint density at radius 3 is 2.61 bits per heavy atom. The number of carbonyl (C=O) groups excluding carboxylic acids is 3. The maximum absolute atomic E-state index is 11.8. The maximum Gasteiger partial charge on any atom is 0.310 e. The Morgan fingerprint density at radius 1 is 1.30 bits per heavy atom. The second-order valence-electron chi connectivity index (χ2n) is 4.72. The number of nitrogens with zero attached hydrogens (tertiary/aromatic N) is 1. The van der Waals surface area contributed by atoms with Crippen molar-refractivity contribution in [1.29, 1.82) is 0 Å². The van der Waals surface area contributed by atoms with Crippen molar-refractivity contribution in [3.63, 3.8) is 0 Å². The first kappa shape index (κ1) is 18.8. The van der Waals surface area contributed by atoms with Crippen molar-refractivity contribution in [3.05, 3.63) is 28.8 Å². The lowest BCUT2D eigenvalue weighted by atomic mass is 10.1. The molecule has 1 aromatic carbocycles. The number of benzene rings is 1. The van der Waals surface area contributed by atoms with Gasteiger partial charge in [0.2, 0.25) is 5.91 Å². The predicted molar refractivity (Wildman–Crippen MR) is 84.4 cm³/mol. The SMILES string of the molecule is CNC(=O)CN(C)C(=O)COC(=O)Cc1cc(Cl)ccc1OC. The number of nitrogens with one attached hydrogen (secondary N) is 1. The van der Waals surface area contributed by atoms with E-state index in [0.29, 0.717) is 16.3 Å². The third kappa shape index (κ3) is 6.15. The van der Waals surface area contributed by atoms with E-state index in [1.807, 2.05) is 0 Å². The van der Waals surface area contributed by atoms with Crippen molar-refractivity contribution >= 4 is 29.4 Å². The van der Waals surface area contributed by atoms with Crippen LogP contribution in [0.1, 0.15) is 5.56 Å². The molecule has 0 aliphatic heterocycles. The van der Waals surface area contributed by atoms with Crippen LogP contribution in [0, 0.1) is 0 Å². The smallest absolute Gasteiger partial charge is 0.310 e. The summed E-state index contributed by atoms with van der Waals surface area (Å²) >= 11 is 5.88. The van der Waals surface area contributed by atoms with Gasteiger partial charge in [0.25, 0.3) is 5.91 Å². The van der Waals surface area contributed by atoms with Gasteiger partial charge in [0.15, 0.2) is 6.61 Å². The number of amides is 2. The van der Waals surface area contributed by atoms with Crippen LogP contribution in [0.4, 0.5) is 0 Å². The van der Waals surface area contributed by atoms with E-state index in [0.717, 1.165) is 0 Å². The van der Waals surface area contributed by atoms with Gasteiger partial charge >= 0.3 is 5.97 Å². The van der Waals surface area contributed by atoms with E-state index < -0.39 is 18.5 Å². The normalized spacial score (nSPS) is 9.91. The van der Waals surface area contributed by atoms with E-state index in [-0.39, 0.29) is 18.9 Å². The second-order valence-corrected chi connectivity index (χ2v) is 5.15. The molecule has 0 heterocycles. The Morgan fingerprint density at radius 2 is 2.00 bits per heavy atom. The average molecular weight is 343 g/mol. The van der Waals surface area contributed by atoms with Gasteiger partial charge in [0, 0.05) is 24.7 Å². The highest BCUT2D eigenvalue weighted by Crippen LogP contribution is 2.23. The van der Waals surface area contributed by atoms with E-state index in [1.165, 1.54) is 26.1 Å². The van der Waals surface area contributed by atoms with Gasteiger partial charge in [0.1, 0.15) is 5.75 Å². The summed E-state index contributed by atoms with van der Waals surface area (Å²) in [5, 5.41) is 2.87. The molecule has 0 atom stereocenters. The summed E-state index contributed by atoms with van der Waals surface area (Å²) in [5.41, 5.74) is 0.566. The van der Waals surface area contributed by atoms with Crippen LogP contribution in [0.25, 0.3) is 0 Å². The largest absolute Gasteiger partial charge is 0.496 e. The van der Waals surface area contributed by atoms with Gasteiger partial charge in [-0.25, -0.2) is 0 Å². The minimum absolute atomic E-state index is 0.0732. The molecule has 0 unspecified atom stereocenters. The molecule has 0 fully saturated rings. The van der Waals surface area contributed by atoms with Crippen LogP contribution in [-0.2, 0) is 25.5 Å². The summed E-state index contributed by atoms with van der Waals surface area (Å²) in [6, 6.07) is 4.89. The van der Waals surface area contributed by atoms with Gasteiger partial charge in [-0.3, -0.25) is 14.4 Å². The van der Waals surface area contributed by atoms with Crippen LogP contribution in [0.15, 0.2) is 18.2 Å². The summed E-state index contributed by atoms with van der Waals surface area (Å²) < 4.78 is 10.1. The molecule has 7 nitrogen and oxygen atoms in total. The first-order chi connectivity index (χ1) is 10.9. The Bertz CT molecular complexity index is 591. The highest BCUT2D eigenvalue weighted by Gasteiger charge is 2.16. The topological polar surface area (TPSA) is 84.9 Å². The number of likely N-dealkylation sites (N-methyl/N-ethyl adjacent to an activating group) is 2. The molecule has 0 aliphatic rings. The summed E-state index contributed by atoms with van der Waals surface area (Å²) in [7, 11) is 4.40. The summed E-state index contributed by atoms with van der Waals surface area (Å²) in [5.74, 6) is -0.863. The summed E-state index contributed by atoms with van der Waals surface area (Å²) in [6.07, 6.45) is -0.0732. The standard InChI is InChI=1S/C15H19ClN2O5/c1-17-13(19)8-18(2)14(20)9-23-15(21)7-10-6-11(16)4-5-12(10)22-3/h4-6H,7-9H2,1-3H3,(H,17,19). The van der Waals surface area contributed by atoms with Crippen molar-refractivity contribution in [2.75, 3.05) is 34.4 Å². The first-order valence-electron chi connectivity index (χ1n) is 6.80. The molecular weight excluding hydrogens is 324 g/mol. The van der Waals surface area contributed by atoms with Crippen LogP contribution in [0.2, 0.25) is 5.02 Å². The molecule has 0 bridgehead atoms. The number of hydrogen-bond acceptors (Lipinski definition) is 5. The Hall–Kier alpha value is -2.28. The Labute approximate surface area is 139 Å². The third-order valence-electron chi connectivity index (χ3n) is 3.02. The van der Waals surface area contributed by atoms with Crippen LogP contribution >= 0.6 is 11.6 Å². The number of rotatable bonds is 7. The monoisotopic (exact) mass is 342 g/mol. The molecule has 0 aliphatic carbocycles. The average Bonchev–Trinajstić information content (AvgIpc) is 2.52. The molecule has 1 N–H and O–H groups in total. The van der Waals surface area contributed by atoms with Crippen LogP contribution in [0.5, 0.6) is 5.75 Å². The van der Waals surface area contributed by atoms with Crippen LogP contribution < -0.4 is 10.1 Å². The van der Waals surface area contributed by atoms with E-state index in [2.05, 4.69) is 5.32 Å².